The molecule has 5 heterocycles. The summed E-state index contributed by atoms with van der Waals surface area (Å²) in [5.41, 5.74) is 3.58. The number of nitrogens with zero attached hydrogens (tertiary/aromatic N) is 7. The zero-order chi connectivity index (χ0) is 21.1. The Balaban J connectivity index is 1.27. The van der Waals surface area contributed by atoms with Crippen LogP contribution in [0.3, 0.4) is 0 Å². The lowest BCUT2D eigenvalue weighted by Gasteiger charge is -2.49. The lowest BCUT2D eigenvalue weighted by atomic mass is 9.79. The number of rotatable bonds is 4. The maximum Gasteiger partial charge on any atom is 0.333 e. The number of anilines is 1. The minimum atomic E-state index is -2.65. The number of hydrogen-bond acceptors (Lipinski definition) is 5. The maximum atomic E-state index is 12.9. The number of hydrogen-bond donors (Lipinski definition) is 0. The molecule has 2 atom stereocenters. The molecule has 0 aromatic carbocycles. The van der Waals surface area contributed by atoms with Crippen molar-refractivity contribution < 1.29 is 8.78 Å². The largest absolute Gasteiger partial charge is 0.367 e. The number of alkyl halides is 2. The molecule has 3 aliphatic rings. The van der Waals surface area contributed by atoms with E-state index in [-0.39, 0.29) is 5.92 Å². The van der Waals surface area contributed by atoms with Gasteiger partial charge in [0.05, 0.1) is 23.5 Å². The van der Waals surface area contributed by atoms with Gasteiger partial charge in [0.25, 0.3) is 0 Å². The summed E-state index contributed by atoms with van der Waals surface area (Å²) in [5, 5.41) is 17.3. The van der Waals surface area contributed by atoms with Crippen LogP contribution in [0.25, 0.3) is 16.6 Å². The topological polar surface area (TPSA) is 65.4 Å². The van der Waals surface area contributed by atoms with Crippen molar-refractivity contribution in [2.45, 2.75) is 50.4 Å². The molecule has 1 saturated carbocycles. The zero-order valence-electron chi connectivity index (χ0n) is 17.0. The Morgan fingerprint density at radius 3 is 2.48 bits per heavy atom. The quantitative estimate of drug-likeness (QED) is 0.642. The third-order valence-corrected chi connectivity index (χ3v) is 7.22. The number of halogens is 2. The van der Waals surface area contributed by atoms with E-state index in [4.69, 9.17) is 5.26 Å². The van der Waals surface area contributed by atoms with Crippen molar-refractivity contribution in [1.29, 1.82) is 5.26 Å². The molecule has 160 valence electrons. The number of nitriles is 1. The van der Waals surface area contributed by atoms with Crippen LogP contribution in [0.15, 0.2) is 36.9 Å². The van der Waals surface area contributed by atoms with E-state index in [0.29, 0.717) is 28.4 Å². The second-order valence-electron chi connectivity index (χ2n) is 8.95. The molecule has 31 heavy (non-hydrogen) atoms. The third kappa shape index (κ3) is 3.00. The fraction of sp³-hybridized carbons (Fsp3) is 0.500. The molecule has 0 radical (unpaired) electrons. The third-order valence-electron chi connectivity index (χ3n) is 7.22. The molecule has 3 fully saturated rings. The van der Waals surface area contributed by atoms with Gasteiger partial charge in [0.2, 0.25) is 0 Å². The van der Waals surface area contributed by atoms with Gasteiger partial charge in [-0.3, -0.25) is 4.90 Å². The summed E-state index contributed by atoms with van der Waals surface area (Å²) < 4.78 is 28.3. The molecule has 7 nitrogen and oxygen atoms in total. The van der Waals surface area contributed by atoms with Gasteiger partial charge in [0.1, 0.15) is 0 Å². The summed E-state index contributed by atoms with van der Waals surface area (Å²) in [6.45, 7) is -0.716. The van der Waals surface area contributed by atoms with E-state index in [0.717, 1.165) is 42.7 Å². The number of aromatic nitrogens is 4. The minimum Gasteiger partial charge on any atom is -0.367 e. The van der Waals surface area contributed by atoms with Crippen LogP contribution in [0.2, 0.25) is 0 Å². The molecular weight excluding hydrogens is 400 g/mol. The zero-order valence-corrected chi connectivity index (χ0v) is 17.0. The van der Waals surface area contributed by atoms with Crippen LogP contribution in [0.1, 0.15) is 32.2 Å². The standard InChI is InChI=1S/C22H23F2N7/c23-22(24)30-11-16(9-27-30)15-7-21-20(3-4-26-29(21)10-15)28-12-17-1-2-18(13-28)31(17)19-5-14(6-19)8-25/h3-4,7,9-11,14,17-19,22H,1-2,5-6,12-13H2. The Morgan fingerprint density at radius 1 is 1.03 bits per heavy atom. The van der Waals surface area contributed by atoms with E-state index in [1.807, 2.05) is 22.8 Å². The molecule has 3 aromatic heterocycles. The van der Waals surface area contributed by atoms with Crippen LogP contribution in [-0.4, -0.2) is 55.5 Å². The van der Waals surface area contributed by atoms with E-state index < -0.39 is 6.55 Å². The first kappa shape index (κ1) is 18.8. The summed E-state index contributed by atoms with van der Waals surface area (Å²) in [7, 11) is 0. The van der Waals surface area contributed by atoms with E-state index in [9.17, 15) is 8.78 Å². The SMILES string of the molecule is N#CC1CC(N2C3CCC2CN(c2ccnn4cc(-c5cnn(C(F)F)c5)cc24)C3)C1. The van der Waals surface area contributed by atoms with Gasteiger partial charge in [-0.15, -0.1) is 0 Å². The summed E-state index contributed by atoms with van der Waals surface area (Å²) in [6.07, 6.45) is 10.9. The highest BCUT2D eigenvalue weighted by atomic mass is 19.3. The Hall–Kier alpha value is -2.99. The molecule has 6 rings (SSSR count). The molecule has 2 aliphatic heterocycles. The smallest absolute Gasteiger partial charge is 0.333 e. The Morgan fingerprint density at radius 2 is 1.81 bits per heavy atom. The van der Waals surface area contributed by atoms with E-state index >= 15 is 0 Å². The van der Waals surface area contributed by atoms with Gasteiger partial charge in [-0.1, -0.05) is 0 Å². The molecular formula is C22H23F2N7. The van der Waals surface area contributed by atoms with Gasteiger partial charge in [-0.2, -0.15) is 24.2 Å². The van der Waals surface area contributed by atoms with Gasteiger partial charge in [0.15, 0.2) is 0 Å². The second kappa shape index (κ2) is 7.02. The molecule has 2 saturated heterocycles. The second-order valence-corrected chi connectivity index (χ2v) is 8.95. The van der Waals surface area contributed by atoms with Gasteiger partial charge in [0, 0.05) is 66.9 Å². The van der Waals surface area contributed by atoms with Crippen molar-refractivity contribution in [2.75, 3.05) is 18.0 Å². The van der Waals surface area contributed by atoms with E-state index in [1.54, 1.807) is 6.20 Å². The lowest BCUT2D eigenvalue weighted by Crippen LogP contribution is -2.60. The molecule has 2 unspecified atom stereocenters. The van der Waals surface area contributed by atoms with Crippen molar-refractivity contribution in [3.8, 4) is 17.2 Å². The van der Waals surface area contributed by atoms with Crippen LogP contribution < -0.4 is 4.90 Å². The monoisotopic (exact) mass is 423 g/mol. The van der Waals surface area contributed by atoms with Crippen molar-refractivity contribution in [3.05, 3.63) is 36.9 Å². The van der Waals surface area contributed by atoms with Crippen molar-refractivity contribution >= 4 is 11.2 Å². The normalized spacial score (nSPS) is 28.3. The Bertz CT molecular complexity index is 1140. The molecule has 2 bridgehead atoms. The van der Waals surface area contributed by atoms with Crippen molar-refractivity contribution in [3.63, 3.8) is 0 Å². The Labute approximate surface area is 178 Å². The molecule has 9 heteroatoms. The molecule has 0 amide bonds. The predicted octanol–water partition coefficient (Wildman–Crippen LogP) is 3.55. The predicted molar refractivity (Wildman–Crippen MR) is 111 cm³/mol. The van der Waals surface area contributed by atoms with E-state index in [2.05, 4.69) is 26.1 Å². The number of piperazine rings is 1. The first-order chi connectivity index (χ1) is 15.1. The highest BCUT2D eigenvalue weighted by Gasteiger charge is 2.47. The first-order valence-corrected chi connectivity index (χ1v) is 10.8. The summed E-state index contributed by atoms with van der Waals surface area (Å²) in [5.74, 6) is 0.232. The van der Waals surface area contributed by atoms with Crippen molar-refractivity contribution in [1.82, 2.24) is 24.3 Å². The minimum absolute atomic E-state index is 0.232. The van der Waals surface area contributed by atoms with Gasteiger partial charge in [-0.25, -0.2) is 9.20 Å². The molecule has 3 aromatic rings. The average Bonchev–Trinajstić information content (AvgIpc) is 3.43. The van der Waals surface area contributed by atoms with Crippen LogP contribution >= 0.6 is 0 Å². The summed E-state index contributed by atoms with van der Waals surface area (Å²) >= 11 is 0. The lowest BCUT2D eigenvalue weighted by molar-refractivity contribution is 0.0439. The summed E-state index contributed by atoms with van der Waals surface area (Å²) in [4.78, 5) is 5.13. The fourth-order valence-electron chi connectivity index (χ4n) is 5.68. The van der Waals surface area contributed by atoms with Gasteiger partial charge < -0.3 is 4.90 Å². The molecule has 0 N–H and O–H groups in total. The highest BCUT2D eigenvalue weighted by Crippen LogP contribution is 2.42. The molecule has 0 spiro atoms. The van der Waals surface area contributed by atoms with Crippen molar-refractivity contribution in [2.24, 2.45) is 5.92 Å². The van der Waals surface area contributed by atoms with Crippen LogP contribution in [0.5, 0.6) is 0 Å². The van der Waals surface area contributed by atoms with Gasteiger partial charge in [-0.05, 0) is 37.8 Å². The maximum absolute atomic E-state index is 12.9. The van der Waals surface area contributed by atoms with E-state index in [1.165, 1.54) is 25.2 Å². The molecule has 1 aliphatic carbocycles. The van der Waals surface area contributed by atoms with Crippen LogP contribution in [-0.2, 0) is 0 Å². The average molecular weight is 423 g/mol. The first-order valence-electron chi connectivity index (χ1n) is 10.8. The summed E-state index contributed by atoms with van der Waals surface area (Å²) in [6, 6.07) is 8.07. The van der Waals surface area contributed by atoms with Gasteiger partial charge >= 0.3 is 6.55 Å². The highest BCUT2D eigenvalue weighted by molar-refractivity contribution is 5.79. The number of fused-ring (bicyclic) bond motifs is 3. The Kier molecular flexibility index (Phi) is 4.25. The van der Waals surface area contributed by atoms with Crippen LogP contribution in [0, 0.1) is 17.2 Å². The van der Waals surface area contributed by atoms with Crippen LogP contribution in [0.4, 0.5) is 14.5 Å². The fourth-order valence-corrected chi connectivity index (χ4v) is 5.68.